The van der Waals surface area contributed by atoms with Crippen molar-refractivity contribution in [1.29, 1.82) is 0 Å². The van der Waals surface area contributed by atoms with E-state index >= 15 is 0 Å². The maximum absolute atomic E-state index is 4.31. The van der Waals surface area contributed by atoms with E-state index in [1.54, 1.807) is 0 Å². The van der Waals surface area contributed by atoms with Gasteiger partial charge in [-0.25, -0.2) is 0 Å². The minimum absolute atomic E-state index is 1.07. The lowest BCUT2D eigenvalue weighted by molar-refractivity contribution is 1.15. The van der Waals surface area contributed by atoms with Gasteiger partial charge in [-0.3, -0.25) is 4.98 Å². The van der Waals surface area contributed by atoms with Gasteiger partial charge in [-0.15, -0.1) is 0 Å². The van der Waals surface area contributed by atoms with Crippen LogP contribution < -0.4 is 0 Å². The molecule has 0 saturated carbocycles. The van der Waals surface area contributed by atoms with E-state index in [0.29, 0.717) is 0 Å². The third-order valence-corrected chi connectivity index (χ3v) is 4.38. The Hall–Kier alpha value is -2.41. The Labute approximate surface area is 124 Å². The van der Waals surface area contributed by atoms with Crippen LogP contribution in [0.4, 0.5) is 0 Å². The summed E-state index contributed by atoms with van der Waals surface area (Å²) in [5.41, 5.74) is 3.80. The summed E-state index contributed by atoms with van der Waals surface area (Å²) >= 11 is 0. The highest BCUT2D eigenvalue weighted by Crippen LogP contribution is 2.28. The number of fused-ring (bicyclic) bond motifs is 4. The van der Waals surface area contributed by atoms with Crippen molar-refractivity contribution in [3.05, 3.63) is 65.9 Å². The van der Waals surface area contributed by atoms with Crippen LogP contribution in [0.15, 0.2) is 54.7 Å². The molecule has 4 rings (SSSR count). The smallest absolute Gasteiger partial charge is 0.0724 e. The average molecular weight is 271 g/mol. The van der Waals surface area contributed by atoms with Crippen LogP contribution in [0.25, 0.3) is 32.4 Å². The van der Waals surface area contributed by atoms with Crippen molar-refractivity contribution in [2.24, 2.45) is 0 Å². The minimum Gasteiger partial charge on any atom is -0.255 e. The van der Waals surface area contributed by atoms with Crippen molar-refractivity contribution < 1.29 is 0 Å². The number of aromatic nitrogens is 1. The fraction of sp³-hybridized carbons (Fsp3) is 0.150. The molecule has 1 heterocycles. The highest BCUT2D eigenvalue weighted by Gasteiger charge is 2.05. The van der Waals surface area contributed by atoms with Gasteiger partial charge in [0.05, 0.1) is 5.52 Å². The number of hydrogen-bond donors (Lipinski definition) is 0. The molecule has 0 aliphatic carbocycles. The van der Waals surface area contributed by atoms with Gasteiger partial charge in [0.1, 0.15) is 0 Å². The molecule has 0 unspecified atom stereocenters. The molecule has 0 radical (unpaired) electrons. The lowest BCUT2D eigenvalue weighted by Crippen LogP contribution is -1.86. The molecule has 0 N–H and O–H groups in total. The summed E-state index contributed by atoms with van der Waals surface area (Å²) in [7, 11) is 0. The van der Waals surface area contributed by atoms with Crippen LogP contribution in [0.5, 0.6) is 0 Å². The van der Waals surface area contributed by atoms with Crippen molar-refractivity contribution in [1.82, 2.24) is 4.98 Å². The molecule has 0 fully saturated rings. The normalized spacial score (nSPS) is 11.5. The van der Waals surface area contributed by atoms with Gasteiger partial charge in [-0.1, -0.05) is 49.4 Å². The Balaban J connectivity index is 2.15. The Bertz CT molecular complexity index is 983. The molecule has 0 atom stereocenters. The van der Waals surface area contributed by atoms with Crippen molar-refractivity contribution in [3.63, 3.8) is 0 Å². The third kappa shape index (κ3) is 1.89. The van der Waals surface area contributed by atoms with Gasteiger partial charge in [0, 0.05) is 11.6 Å². The molecule has 0 amide bonds. The summed E-state index contributed by atoms with van der Waals surface area (Å²) in [6.07, 6.45) is 3.04. The van der Waals surface area contributed by atoms with E-state index in [1.165, 1.54) is 38.1 Å². The summed E-state index contributed by atoms with van der Waals surface area (Å²) in [5.74, 6) is 0. The molecule has 4 aromatic rings. The van der Waals surface area contributed by atoms with Gasteiger partial charge in [-0.05, 0) is 52.1 Å². The quantitative estimate of drug-likeness (QED) is 0.451. The van der Waals surface area contributed by atoms with Crippen LogP contribution in [-0.4, -0.2) is 4.98 Å². The first kappa shape index (κ1) is 12.3. The number of hydrogen-bond acceptors (Lipinski definition) is 1. The molecule has 0 bridgehead atoms. The minimum atomic E-state index is 1.07. The fourth-order valence-electron chi connectivity index (χ4n) is 3.07. The maximum atomic E-state index is 4.31. The van der Waals surface area contributed by atoms with E-state index < -0.39 is 0 Å². The zero-order chi connectivity index (χ0) is 14.4. The van der Waals surface area contributed by atoms with E-state index in [4.69, 9.17) is 0 Å². The van der Waals surface area contributed by atoms with Gasteiger partial charge >= 0.3 is 0 Å². The number of benzene rings is 2. The second-order valence-electron chi connectivity index (χ2n) is 5.70. The van der Waals surface area contributed by atoms with Gasteiger partial charge < -0.3 is 0 Å². The summed E-state index contributed by atoms with van der Waals surface area (Å²) in [6, 6.07) is 17.8. The molecular weight excluding hydrogens is 254 g/mol. The predicted molar refractivity (Wildman–Crippen MR) is 90.9 cm³/mol. The molecule has 102 valence electrons. The van der Waals surface area contributed by atoms with Crippen molar-refractivity contribution in [2.45, 2.75) is 20.3 Å². The van der Waals surface area contributed by atoms with Crippen molar-refractivity contribution in [2.75, 3.05) is 0 Å². The standard InChI is InChI=1S/C20H17N/c1-3-14-4-5-15-6-7-18-17(13(2)10-16(15)11-14)8-9-20-19(18)12-21-20/h4-12H,3H2,1-2H3. The van der Waals surface area contributed by atoms with Gasteiger partial charge in [-0.2, -0.15) is 0 Å². The SMILES string of the molecule is CCc1ccc2ccc3c(ccc4ncc43)c(C)cc2c1. The van der Waals surface area contributed by atoms with E-state index in [-0.39, 0.29) is 0 Å². The zero-order valence-electron chi connectivity index (χ0n) is 12.4. The molecule has 1 nitrogen and oxygen atoms in total. The van der Waals surface area contributed by atoms with E-state index in [0.717, 1.165) is 11.9 Å². The number of rotatable bonds is 1. The Morgan fingerprint density at radius 3 is 2.38 bits per heavy atom. The topological polar surface area (TPSA) is 12.9 Å². The molecule has 21 heavy (non-hydrogen) atoms. The first-order chi connectivity index (χ1) is 10.3. The molecule has 0 aliphatic rings. The summed E-state index contributed by atoms with van der Waals surface area (Å²) in [5, 5.41) is 6.46. The van der Waals surface area contributed by atoms with Gasteiger partial charge in [0.25, 0.3) is 0 Å². The molecule has 3 aromatic carbocycles. The molecule has 0 aliphatic heterocycles. The average Bonchev–Trinajstić information content (AvgIpc) is 2.45. The van der Waals surface area contributed by atoms with Crippen LogP contribution in [0.1, 0.15) is 18.1 Å². The molecule has 0 saturated heterocycles. The lowest BCUT2D eigenvalue weighted by atomic mass is 9.99. The van der Waals surface area contributed by atoms with Crippen molar-refractivity contribution >= 4 is 32.4 Å². The van der Waals surface area contributed by atoms with E-state index in [1.807, 2.05) is 6.20 Å². The first-order valence-corrected chi connectivity index (χ1v) is 7.47. The first-order valence-electron chi connectivity index (χ1n) is 7.47. The second kappa shape index (κ2) is 4.56. The van der Waals surface area contributed by atoms with E-state index in [2.05, 4.69) is 67.4 Å². The summed E-state index contributed by atoms with van der Waals surface area (Å²) < 4.78 is 0. The van der Waals surface area contributed by atoms with E-state index in [9.17, 15) is 0 Å². The van der Waals surface area contributed by atoms with Crippen LogP contribution >= 0.6 is 0 Å². The van der Waals surface area contributed by atoms with Crippen LogP contribution in [0.3, 0.4) is 0 Å². The predicted octanol–water partition coefficient (Wildman–Crippen LogP) is 5.41. The Morgan fingerprint density at radius 2 is 1.62 bits per heavy atom. The van der Waals surface area contributed by atoms with Crippen LogP contribution in [0, 0.1) is 6.92 Å². The molecule has 1 aromatic heterocycles. The fourth-order valence-corrected chi connectivity index (χ4v) is 3.07. The lowest BCUT2D eigenvalue weighted by Gasteiger charge is -2.07. The summed E-state index contributed by atoms with van der Waals surface area (Å²) in [4.78, 5) is 4.31. The van der Waals surface area contributed by atoms with Crippen LogP contribution in [-0.2, 0) is 6.42 Å². The second-order valence-corrected chi connectivity index (χ2v) is 5.70. The summed E-state index contributed by atoms with van der Waals surface area (Å²) in [6.45, 7) is 4.40. The van der Waals surface area contributed by atoms with Crippen LogP contribution in [0.2, 0.25) is 0 Å². The molecule has 1 heteroatoms. The molecule has 0 spiro atoms. The van der Waals surface area contributed by atoms with Gasteiger partial charge in [0.15, 0.2) is 0 Å². The monoisotopic (exact) mass is 271 g/mol. The van der Waals surface area contributed by atoms with Crippen molar-refractivity contribution in [3.8, 4) is 0 Å². The highest BCUT2D eigenvalue weighted by atomic mass is 14.7. The number of aryl methyl sites for hydroxylation is 2. The molecular formula is C20H17N. The Kier molecular flexibility index (Phi) is 2.68. The zero-order valence-corrected chi connectivity index (χ0v) is 12.4. The number of nitrogens with zero attached hydrogens (tertiary/aromatic N) is 1. The largest absolute Gasteiger partial charge is 0.255 e. The maximum Gasteiger partial charge on any atom is 0.0724 e. The third-order valence-electron chi connectivity index (χ3n) is 4.38. The highest BCUT2D eigenvalue weighted by molar-refractivity contribution is 6.08. The van der Waals surface area contributed by atoms with Gasteiger partial charge in [0.2, 0.25) is 0 Å². The Morgan fingerprint density at radius 1 is 0.810 bits per heavy atom.